The molecule has 1 fully saturated rings. The van der Waals surface area contributed by atoms with Gasteiger partial charge in [-0.15, -0.1) is 0 Å². The summed E-state index contributed by atoms with van der Waals surface area (Å²) in [6.07, 6.45) is 3.86. The highest BCUT2D eigenvalue weighted by Crippen LogP contribution is 2.27. The quantitative estimate of drug-likeness (QED) is 0.705. The van der Waals surface area contributed by atoms with Crippen molar-refractivity contribution in [3.63, 3.8) is 0 Å². The average Bonchev–Trinajstić information content (AvgIpc) is 3.43. The van der Waals surface area contributed by atoms with Crippen molar-refractivity contribution < 1.29 is 13.6 Å². The highest BCUT2D eigenvalue weighted by atomic mass is 32.1. The molecule has 0 aliphatic carbocycles. The fourth-order valence-electron chi connectivity index (χ4n) is 3.19. The molecule has 1 aliphatic heterocycles. The zero-order valence-electron chi connectivity index (χ0n) is 14.6. The number of benzene rings is 1. The number of hydrogen-bond acceptors (Lipinski definition) is 6. The summed E-state index contributed by atoms with van der Waals surface area (Å²) in [6, 6.07) is 9.72. The van der Waals surface area contributed by atoms with Crippen LogP contribution in [0.4, 0.5) is 9.52 Å². The molecule has 1 aromatic carbocycles. The molecule has 0 saturated carbocycles. The van der Waals surface area contributed by atoms with Gasteiger partial charge in [0, 0.05) is 24.5 Å². The number of furan rings is 1. The molecule has 6 nitrogen and oxygen atoms in total. The van der Waals surface area contributed by atoms with E-state index in [0.29, 0.717) is 18.8 Å². The minimum atomic E-state index is -0.258. The molecule has 1 N–H and O–H groups in total. The molecule has 1 amide bonds. The number of rotatable bonds is 6. The lowest BCUT2D eigenvalue weighted by Gasteiger charge is -2.22. The fourth-order valence-corrected chi connectivity index (χ4v) is 3.95. The fraction of sp³-hybridized carbons (Fsp3) is 0.316. The third-order valence-corrected chi connectivity index (χ3v) is 5.34. The maximum Gasteiger partial charge on any atom is 0.243 e. The predicted molar refractivity (Wildman–Crippen MR) is 100 cm³/mol. The van der Waals surface area contributed by atoms with E-state index in [9.17, 15) is 9.18 Å². The van der Waals surface area contributed by atoms with E-state index in [2.05, 4.69) is 14.7 Å². The van der Waals surface area contributed by atoms with Gasteiger partial charge in [-0.25, -0.2) is 9.37 Å². The van der Waals surface area contributed by atoms with Crippen molar-refractivity contribution in [2.45, 2.75) is 31.8 Å². The molecule has 2 aromatic heterocycles. The molecule has 0 bridgehead atoms. The van der Waals surface area contributed by atoms with Gasteiger partial charge in [0.25, 0.3) is 0 Å². The lowest BCUT2D eigenvalue weighted by molar-refractivity contribution is -0.122. The SMILES string of the molecule is O=C(NCc1ccco1)C1CCCN1c1nc(Cc2ccc(F)cc2)ns1. The van der Waals surface area contributed by atoms with Crippen LogP contribution < -0.4 is 10.2 Å². The van der Waals surface area contributed by atoms with Gasteiger partial charge < -0.3 is 14.6 Å². The lowest BCUT2D eigenvalue weighted by atomic mass is 10.1. The van der Waals surface area contributed by atoms with Gasteiger partial charge in [0.2, 0.25) is 11.0 Å². The minimum absolute atomic E-state index is 0.0285. The first-order valence-corrected chi connectivity index (χ1v) is 9.60. The molecule has 1 unspecified atom stereocenters. The summed E-state index contributed by atoms with van der Waals surface area (Å²) >= 11 is 1.30. The van der Waals surface area contributed by atoms with Gasteiger partial charge in [0.15, 0.2) is 0 Å². The van der Waals surface area contributed by atoms with E-state index in [0.717, 1.165) is 35.8 Å². The number of hydrogen-bond donors (Lipinski definition) is 1. The highest BCUT2D eigenvalue weighted by molar-refractivity contribution is 7.09. The van der Waals surface area contributed by atoms with Crippen LogP contribution in [0.5, 0.6) is 0 Å². The number of anilines is 1. The molecule has 8 heteroatoms. The van der Waals surface area contributed by atoms with Crippen LogP contribution in [0.1, 0.15) is 30.0 Å². The van der Waals surface area contributed by atoms with Gasteiger partial charge in [-0.05, 0) is 42.7 Å². The van der Waals surface area contributed by atoms with Gasteiger partial charge >= 0.3 is 0 Å². The van der Waals surface area contributed by atoms with Crippen LogP contribution in [0.15, 0.2) is 47.1 Å². The first kappa shape index (κ1) is 17.7. The van der Waals surface area contributed by atoms with Crippen LogP contribution >= 0.6 is 11.5 Å². The molecule has 27 heavy (non-hydrogen) atoms. The maximum atomic E-state index is 13.0. The van der Waals surface area contributed by atoms with Crippen LogP contribution in [0.2, 0.25) is 0 Å². The Morgan fingerprint density at radius 3 is 2.96 bits per heavy atom. The summed E-state index contributed by atoms with van der Waals surface area (Å²) < 4.78 is 22.7. The van der Waals surface area contributed by atoms with Gasteiger partial charge in [0.05, 0.1) is 12.8 Å². The van der Waals surface area contributed by atoms with E-state index in [4.69, 9.17) is 4.42 Å². The summed E-state index contributed by atoms with van der Waals surface area (Å²) in [5, 5.41) is 3.68. The number of halogens is 1. The van der Waals surface area contributed by atoms with Crippen LogP contribution in [-0.4, -0.2) is 27.9 Å². The first-order chi connectivity index (χ1) is 13.2. The molecular weight excluding hydrogens is 367 g/mol. The van der Waals surface area contributed by atoms with E-state index in [1.165, 1.54) is 23.7 Å². The lowest BCUT2D eigenvalue weighted by Crippen LogP contribution is -2.43. The van der Waals surface area contributed by atoms with Crippen LogP contribution in [-0.2, 0) is 17.8 Å². The Morgan fingerprint density at radius 2 is 2.19 bits per heavy atom. The zero-order chi connectivity index (χ0) is 18.6. The molecular formula is C19H19FN4O2S. The average molecular weight is 386 g/mol. The van der Waals surface area contributed by atoms with Crippen LogP contribution in [0.3, 0.4) is 0 Å². The molecule has 3 aromatic rings. The molecule has 0 spiro atoms. The smallest absolute Gasteiger partial charge is 0.243 e. The Morgan fingerprint density at radius 1 is 1.33 bits per heavy atom. The van der Waals surface area contributed by atoms with Gasteiger partial charge in [-0.2, -0.15) is 4.37 Å². The third-order valence-electron chi connectivity index (χ3n) is 4.55. The molecule has 1 atom stereocenters. The number of nitrogens with one attached hydrogen (secondary N) is 1. The van der Waals surface area contributed by atoms with Crippen molar-refractivity contribution in [2.75, 3.05) is 11.4 Å². The predicted octanol–water partition coefficient (Wildman–Crippen LogP) is 3.15. The van der Waals surface area contributed by atoms with Crippen molar-refractivity contribution in [3.8, 4) is 0 Å². The second-order valence-corrected chi connectivity index (χ2v) is 7.18. The summed E-state index contributed by atoms with van der Waals surface area (Å²) in [5.74, 6) is 1.12. The van der Waals surface area contributed by atoms with E-state index >= 15 is 0 Å². The molecule has 140 valence electrons. The summed E-state index contributed by atoms with van der Waals surface area (Å²) in [6.45, 7) is 1.16. The molecule has 1 aliphatic rings. The maximum absolute atomic E-state index is 13.0. The summed E-state index contributed by atoms with van der Waals surface area (Å²) in [5.41, 5.74) is 0.954. The second kappa shape index (κ2) is 7.87. The van der Waals surface area contributed by atoms with E-state index < -0.39 is 0 Å². The van der Waals surface area contributed by atoms with Crippen molar-refractivity contribution in [1.82, 2.24) is 14.7 Å². The standard InChI is InChI=1S/C19H19FN4O2S/c20-14-7-5-13(6-8-14)11-17-22-19(27-23-17)24-9-1-4-16(24)18(25)21-12-15-3-2-10-26-15/h2-3,5-8,10,16H,1,4,9,11-12H2,(H,21,25). The monoisotopic (exact) mass is 386 g/mol. The van der Waals surface area contributed by atoms with Gasteiger partial charge in [-0.1, -0.05) is 12.1 Å². The first-order valence-electron chi connectivity index (χ1n) is 8.83. The number of carbonyl (C=O) groups is 1. The Kier molecular flexibility index (Phi) is 5.15. The zero-order valence-corrected chi connectivity index (χ0v) is 15.4. The van der Waals surface area contributed by atoms with Crippen molar-refractivity contribution in [1.29, 1.82) is 0 Å². The van der Waals surface area contributed by atoms with Crippen molar-refractivity contribution >= 4 is 22.6 Å². The largest absolute Gasteiger partial charge is 0.467 e. The van der Waals surface area contributed by atoms with E-state index in [1.807, 2.05) is 11.0 Å². The van der Waals surface area contributed by atoms with Crippen molar-refractivity contribution in [3.05, 3.63) is 65.6 Å². The number of nitrogens with zero attached hydrogens (tertiary/aromatic N) is 3. The minimum Gasteiger partial charge on any atom is -0.467 e. The Hall–Kier alpha value is -2.74. The Labute approximate surface area is 160 Å². The van der Waals surface area contributed by atoms with Gasteiger partial charge in [0.1, 0.15) is 23.4 Å². The number of carbonyl (C=O) groups excluding carboxylic acids is 1. The van der Waals surface area contributed by atoms with E-state index in [1.54, 1.807) is 24.5 Å². The normalized spacial score (nSPS) is 16.6. The molecule has 3 heterocycles. The highest BCUT2D eigenvalue weighted by Gasteiger charge is 2.32. The topological polar surface area (TPSA) is 71.3 Å². The summed E-state index contributed by atoms with van der Waals surface area (Å²) in [7, 11) is 0. The second-order valence-electron chi connectivity index (χ2n) is 6.45. The Balaban J connectivity index is 1.40. The van der Waals surface area contributed by atoms with Gasteiger partial charge in [-0.3, -0.25) is 4.79 Å². The van der Waals surface area contributed by atoms with Crippen molar-refractivity contribution in [2.24, 2.45) is 0 Å². The van der Waals surface area contributed by atoms with Crippen LogP contribution in [0.25, 0.3) is 0 Å². The Bertz CT molecular complexity index is 895. The third kappa shape index (κ3) is 4.16. The number of aromatic nitrogens is 2. The molecule has 0 radical (unpaired) electrons. The number of amides is 1. The summed E-state index contributed by atoms with van der Waals surface area (Å²) in [4.78, 5) is 19.2. The molecule has 4 rings (SSSR count). The molecule has 1 saturated heterocycles. The van der Waals surface area contributed by atoms with E-state index in [-0.39, 0.29) is 17.8 Å². The van der Waals surface area contributed by atoms with Crippen LogP contribution in [0, 0.1) is 5.82 Å².